The molecule has 166 valence electrons. The molecule has 1 aliphatic heterocycles. The average molecular weight is 460 g/mol. The van der Waals surface area contributed by atoms with Gasteiger partial charge in [0.25, 0.3) is 5.91 Å². The molecule has 0 aliphatic carbocycles. The van der Waals surface area contributed by atoms with Gasteiger partial charge in [-0.15, -0.1) is 0 Å². The zero-order valence-corrected chi connectivity index (χ0v) is 18.5. The Bertz CT molecular complexity index is 1280. The van der Waals surface area contributed by atoms with Gasteiger partial charge in [0.1, 0.15) is 12.4 Å². The van der Waals surface area contributed by atoms with E-state index in [4.69, 9.17) is 4.52 Å². The van der Waals surface area contributed by atoms with E-state index in [1.165, 1.54) is 0 Å². The Kier molecular flexibility index (Phi) is 5.95. The van der Waals surface area contributed by atoms with Crippen LogP contribution in [0.2, 0.25) is 0 Å². The lowest BCUT2D eigenvalue weighted by Crippen LogP contribution is -2.28. The first-order valence-corrected chi connectivity index (χ1v) is 11.6. The molecule has 8 nitrogen and oxygen atoms in total. The standard InChI is InChI=1S/C24H21N5O3S/c30-22(25-12-16-7-3-1-4-8-16)13-29-23(18-14-33-15-20(18)27-29)26-24(31)19-11-21(32-28-19)17-9-5-2-6-10-17/h1-11H,12-15H2,(H,25,30)(H,26,31). The highest BCUT2D eigenvalue weighted by Gasteiger charge is 2.26. The van der Waals surface area contributed by atoms with Crippen molar-refractivity contribution in [2.75, 3.05) is 5.32 Å². The molecule has 5 rings (SSSR count). The van der Waals surface area contributed by atoms with Gasteiger partial charge in [0, 0.05) is 35.2 Å². The molecule has 1 aliphatic rings. The number of aromatic nitrogens is 3. The van der Waals surface area contributed by atoms with E-state index in [-0.39, 0.29) is 18.1 Å². The molecule has 0 saturated carbocycles. The molecule has 33 heavy (non-hydrogen) atoms. The van der Waals surface area contributed by atoms with Gasteiger partial charge in [-0.25, -0.2) is 4.68 Å². The molecule has 3 heterocycles. The monoisotopic (exact) mass is 459 g/mol. The minimum absolute atomic E-state index is 0.00813. The summed E-state index contributed by atoms with van der Waals surface area (Å²) in [6, 6.07) is 20.7. The summed E-state index contributed by atoms with van der Waals surface area (Å²) in [5.74, 6) is 1.92. The lowest BCUT2D eigenvalue weighted by molar-refractivity contribution is -0.122. The molecule has 2 amide bonds. The third-order valence-electron chi connectivity index (χ3n) is 5.28. The van der Waals surface area contributed by atoms with Crippen molar-refractivity contribution in [1.29, 1.82) is 0 Å². The summed E-state index contributed by atoms with van der Waals surface area (Å²) in [5.41, 5.74) is 3.84. The SMILES string of the molecule is O=C(Cn1nc2c(c1NC(=O)c1cc(-c3ccccc3)on1)CSC2)NCc1ccccc1. The third kappa shape index (κ3) is 4.68. The molecule has 0 fully saturated rings. The van der Waals surface area contributed by atoms with Crippen LogP contribution in [-0.2, 0) is 29.4 Å². The lowest BCUT2D eigenvalue weighted by Gasteiger charge is -2.10. The summed E-state index contributed by atoms with van der Waals surface area (Å²) in [4.78, 5) is 25.5. The van der Waals surface area contributed by atoms with E-state index in [2.05, 4.69) is 20.9 Å². The number of fused-ring (bicyclic) bond motifs is 1. The Hall–Kier alpha value is -3.85. The van der Waals surface area contributed by atoms with Gasteiger partial charge in [-0.2, -0.15) is 16.9 Å². The highest BCUT2D eigenvalue weighted by atomic mass is 32.2. The van der Waals surface area contributed by atoms with Crippen molar-refractivity contribution in [3.8, 4) is 11.3 Å². The Morgan fingerprint density at radius 2 is 1.79 bits per heavy atom. The van der Waals surface area contributed by atoms with Crippen molar-refractivity contribution < 1.29 is 14.1 Å². The summed E-state index contributed by atoms with van der Waals surface area (Å²) in [7, 11) is 0. The summed E-state index contributed by atoms with van der Waals surface area (Å²) in [6.07, 6.45) is 0. The first-order chi connectivity index (χ1) is 16.2. The second-order valence-electron chi connectivity index (χ2n) is 7.58. The van der Waals surface area contributed by atoms with Gasteiger partial charge >= 0.3 is 0 Å². The molecule has 0 atom stereocenters. The van der Waals surface area contributed by atoms with E-state index in [0.717, 1.165) is 33.9 Å². The van der Waals surface area contributed by atoms with Crippen LogP contribution in [0.3, 0.4) is 0 Å². The maximum Gasteiger partial charge on any atom is 0.279 e. The van der Waals surface area contributed by atoms with Crippen LogP contribution < -0.4 is 10.6 Å². The number of hydrogen-bond acceptors (Lipinski definition) is 6. The molecule has 2 N–H and O–H groups in total. The van der Waals surface area contributed by atoms with Crippen LogP contribution in [0.25, 0.3) is 11.3 Å². The number of thioether (sulfide) groups is 1. The number of hydrogen-bond donors (Lipinski definition) is 2. The minimum atomic E-state index is -0.411. The van der Waals surface area contributed by atoms with Crippen molar-refractivity contribution in [2.45, 2.75) is 24.6 Å². The highest BCUT2D eigenvalue weighted by molar-refractivity contribution is 7.98. The van der Waals surface area contributed by atoms with E-state index < -0.39 is 5.91 Å². The fourth-order valence-electron chi connectivity index (χ4n) is 3.60. The van der Waals surface area contributed by atoms with Crippen molar-refractivity contribution in [1.82, 2.24) is 20.3 Å². The Morgan fingerprint density at radius 3 is 2.58 bits per heavy atom. The summed E-state index contributed by atoms with van der Waals surface area (Å²) in [5, 5.41) is 14.3. The van der Waals surface area contributed by atoms with Crippen LogP contribution in [0.1, 0.15) is 27.3 Å². The molecule has 9 heteroatoms. The van der Waals surface area contributed by atoms with E-state index in [9.17, 15) is 9.59 Å². The molecular weight excluding hydrogens is 438 g/mol. The van der Waals surface area contributed by atoms with Gasteiger partial charge < -0.3 is 15.2 Å². The van der Waals surface area contributed by atoms with Crippen LogP contribution >= 0.6 is 11.8 Å². The smallest absolute Gasteiger partial charge is 0.279 e. The lowest BCUT2D eigenvalue weighted by atomic mass is 10.1. The zero-order valence-electron chi connectivity index (χ0n) is 17.7. The number of carbonyl (C=O) groups is 2. The van der Waals surface area contributed by atoms with Crippen LogP contribution in [0.15, 0.2) is 71.3 Å². The molecule has 0 saturated heterocycles. The maximum absolute atomic E-state index is 12.9. The van der Waals surface area contributed by atoms with Crippen LogP contribution in [-0.4, -0.2) is 26.8 Å². The predicted molar refractivity (Wildman–Crippen MR) is 125 cm³/mol. The number of nitrogens with zero attached hydrogens (tertiary/aromatic N) is 3. The van der Waals surface area contributed by atoms with Crippen molar-refractivity contribution in [2.24, 2.45) is 0 Å². The molecule has 0 spiro atoms. The number of benzene rings is 2. The van der Waals surface area contributed by atoms with Gasteiger partial charge in [0.2, 0.25) is 5.91 Å². The number of anilines is 1. The molecule has 2 aromatic carbocycles. The number of amides is 2. The fourth-order valence-corrected chi connectivity index (χ4v) is 4.64. The van der Waals surface area contributed by atoms with Crippen LogP contribution in [0, 0.1) is 0 Å². The molecular formula is C24H21N5O3S. The highest BCUT2D eigenvalue weighted by Crippen LogP contribution is 2.35. The average Bonchev–Trinajstić information content (AvgIpc) is 3.57. The molecule has 4 aromatic rings. The molecule has 2 aromatic heterocycles. The van der Waals surface area contributed by atoms with E-state index in [0.29, 0.717) is 18.1 Å². The topological polar surface area (TPSA) is 102 Å². The van der Waals surface area contributed by atoms with E-state index in [1.807, 2.05) is 60.7 Å². The summed E-state index contributed by atoms with van der Waals surface area (Å²) in [6.45, 7) is 0.438. The molecule has 0 bridgehead atoms. The fraction of sp³-hybridized carbons (Fsp3) is 0.167. The first-order valence-electron chi connectivity index (χ1n) is 10.5. The third-order valence-corrected chi connectivity index (χ3v) is 6.25. The zero-order chi connectivity index (χ0) is 22.6. The number of nitrogens with one attached hydrogen (secondary N) is 2. The van der Waals surface area contributed by atoms with Crippen molar-refractivity contribution >= 4 is 29.4 Å². The molecule has 0 radical (unpaired) electrons. The Labute approximate surface area is 194 Å². The number of carbonyl (C=O) groups excluding carboxylic acids is 2. The van der Waals surface area contributed by atoms with Gasteiger partial charge in [-0.05, 0) is 5.56 Å². The predicted octanol–water partition coefficient (Wildman–Crippen LogP) is 3.85. The van der Waals surface area contributed by atoms with Crippen LogP contribution in [0.4, 0.5) is 5.82 Å². The quantitative estimate of drug-likeness (QED) is 0.435. The van der Waals surface area contributed by atoms with Crippen LogP contribution in [0.5, 0.6) is 0 Å². The first kappa shape index (κ1) is 21.0. The molecule has 0 unspecified atom stereocenters. The van der Waals surface area contributed by atoms with Gasteiger partial charge in [-0.3, -0.25) is 9.59 Å². The second kappa shape index (κ2) is 9.33. The summed E-state index contributed by atoms with van der Waals surface area (Å²) < 4.78 is 6.91. The largest absolute Gasteiger partial charge is 0.355 e. The van der Waals surface area contributed by atoms with Gasteiger partial charge in [-0.1, -0.05) is 65.8 Å². The van der Waals surface area contributed by atoms with Crippen molar-refractivity contribution in [3.05, 3.63) is 89.2 Å². The second-order valence-corrected chi connectivity index (χ2v) is 8.57. The van der Waals surface area contributed by atoms with Gasteiger partial charge in [0.05, 0.1) is 5.69 Å². The van der Waals surface area contributed by atoms with Gasteiger partial charge in [0.15, 0.2) is 11.5 Å². The maximum atomic E-state index is 12.9. The van der Waals surface area contributed by atoms with Crippen molar-refractivity contribution in [3.63, 3.8) is 0 Å². The summed E-state index contributed by atoms with van der Waals surface area (Å²) >= 11 is 1.72. The minimum Gasteiger partial charge on any atom is -0.355 e. The van der Waals surface area contributed by atoms with E-state index >= 15 is 0 Å². The normalized spacial score (nSPS) is 12.4. The Morgan fingerprint density at radius 1 is 1.03 bits per heavy atom. The van der Waals surface area contributed by atoms with E-state index in [1.54, 1.807) is 22.5 Å². The Balaban J connectivity index is 1.30. The number of rotatable bonds is 7.